The van der Waals surface area contributed by atoms with Crippen molar-refractivity contribution < 1.29 is 9.90 Å². The molecule has 1 amide bonds. The first-order chi connectivity index (χ1) is 11.6. The zero-order chi connectivity index (χ0) is 17.1. The molecule has 6 nitrogen and oxygen atoms in total. The van der Waals surface area contributed by atoms with Crippen LogP contribution in [0.5, 0.6) is 0 Å². The van der Waals surface area contributed by atoms with Gasteiger partial charge in [-0.3, -0.25) is 9.48 Å². The predicted molar refractivity (Wildman–Crippen MR) is 92.9 cm³/mol. The van der Waals surface area contributed by atoms with E-state index in [4.69, 9.17) is 0 Å². The van der Waals surface area contributed by atoms with Crippen LogP contribution < -0.4 is 0 Å². The maximum atomic E-state index is 13.0. The van der Waals surface area contributed by atoms with Crippen LogP contribution in [0.3, 0.4) is 0 Å². The number of carbonyl (C=O) groups excluding carboxylic acids is 1. The van der Waals surface area contributed by atoms with Gasteiger partial charge >= 0.3 is 0 Å². The number of hydrogen-bond donors (Lipinski definition) is 1. The number of piperidine rings is 1. The van der Waals surface area contributed by atoms with Crippen LogP contribution in [0.25, 0.3) is 0 Å². The smallest absolute Gasteiger partial charge is 0.257 e. The standard InChI is InChI=1S/C18H30N4O2/c1-3-22-12-17(14(2)19-22)18(24)21-10-15(8-16(11-21)13-23)9-20-6-4-5-7-20/h12,15-16,23H,3-11,13H2,1-2H3/t15-,16+/m0/s1. The molecule has 6 heteroatoms. The Balaban J connectivity index is 1.70. The zero-order valence-corrected chi connectivity index (χ0v) is 14.9. The summed E-state index contributed by atoms with van der Waals surface area (Å²) in [5.74, 6) is 0.716. The molecule has 3 rings (SSSR count). The van der Waals surface area contributed by atoms with Crippen molar-refractivity contribution in [3.63, 3.8) is 0 Å². The van der Waals surface area contributed by atoms with E-state index in [0.717, 1.165) is 31.7 Å². The summed E-state index contributed by atoms with van der Waals surface area (Å²) < 4.78 is 1.82. The average molecular weight is 334 g/mol. The van der Waals surface area contributed by atoms with Crippen molar-refractivity contribution in [1.29, 1.82) is 0 Å². The molecule has 2 atom stereocenters. The van der Waals surface area contributed by atoms with Crippen LogP contribution in [-0.2, 0) is 6.54 Å². The van der Waals surface area contributed by atoms with Gasteiger partial charge in [-0.25, -0.2) is 0 Å². The third kappa shape index (κ3) is 3.81. The Hall–Kier alpha value is -1.40. The Morgan fingerprint density at radius 1 is 1.29 bits per heavy atom. The highest BCUT2D eigenvalue weighted by molar-refractivity contribution is 5.95. The molecule has 0 saturated carbocycles. The van der Waals surface area contributed by atoms with Crippen LogP contribution in [0.15, 0.2) is 6.20 Å². The molecule has 2 saturated heterocycles. The summed E-state index contributed by atoms with van der Waals surface area (Å²) in [6, 6.07) is 0. The van der Waals surface area contributed by atoms with Crippen molar-refractivity contribution in [1.82, 2.24) is 19.6 Å². The number of nitrogens with zero attached hydrogens (tertiary/aromatic N) is 4. The molecular weight excluding hydrogens is 304 g/mol. The fourth-order valence-electron chi connectivity index (χ4n) is 4.14. The van der Waals surface area contributed by atoms with E-state index in [0.29, 0.717) is 18.0 Å². The minimum atomic E-state index is 0.0665. The molecule has 0 spiro atoms. The number of amides is 1. The number of hydrogen-bond acceptors (Lipinski definition) is 4. The fourth-order valence-corrected chi connectivity index (χ4v) is 4.14. The van der Waals surface area contributed by atoms with Crippen molar-refractivity contribution in [2.75, 3.05) is 39.3 Å². The SMILES string of the molecule is CCn1cc(C(=O)N2C[C@H](CO)C[C@@H](CN3CCCC3)C2)c(C)n1. The number of rotatable bonds is 5. The van der Waals surface area contributed by atoms with Crippen LogP contribution in [0.2, 0.25) is 0 Å². The van der Waals surface area contributed by atoms with Crippen molar-refractivity contribution in [2.45, 2.75) is 39.7 Å². The van der Waals surface area contributed by atoms with E-state index in [9.17, 15) is 9.90 Å². The Bertz CT molecular complexity index is 565. The number of carbonyl (C=O) groups is 1. The molecule has 2 aliphatic heterocycles. The van der Waals surface area contributed by atoms with Crippen LogP contribution in [0.1, 0.15) is 42.2 Å². The van der Waals surface area contributed by atoms with E-state index in [2.05, 4.69) is 10.00 Å². The van der Waals surface area contributed by atoms with Crippen LogP contribution in [0.4, 0.5) is 0 Å². The first kappa shape index (κ1) is 17.4. The van der Waals surface area contributed by atoms with Gasteiger partial charge in [0.15, 0.2) is 0 Å². The number of aromatic nitrogens is 2. The van der Waals surface area contributed by atoms with E-state index in [1.807, 2.05) is 29.6 Å². The van der Waals surface area contributed by atoms with Crippen molar-refractivity contribution in [3.05, 3.63) is 17.5 Å². The molecule has 0 radical (unpaired) electrons. The van der Waals surface area contributed by atoms with Crippen LogP contribution in [0, 0.1) is 18.8 Å². The summed E-state index contributed by atoms with van der Waals surface area (Å²) in [4.78, 5) is 17.4. The maximum absolute atomic E-state index is 13.0. The molecule has 2 aliphatic rings. The molecule has 0 bridgehead atoms. The Morgan fingerprint density at radius 3 is 2.62 bits per heavy atom. The second kappa shape index (κ2) is 7.66. The van der Waals surface area contributed by atoms with Gasteiger partial charge in [0.2, 0.25) is 0 Å². The summed E-state index contributed by atoms with van der Waals surface area (Å²) in [7, 11) is 0. The molecule has 1 N–H and O–H groups in total. The van der Waals surface area contributed by atoms with E-state index < -0.39 is 0 Å². The fraction of sp³-hybridized carbons (Fsp3) is 0.778. The Kier molecular flexibility index (Phi) is 5.56. The molecule has 0 aromatic carbocycles. The molecule has 134 valence electrons. The third-order valence-electron chi connectivity index (χ3n) is 5.39. The van der Waals surface area contributed by atoms with Gasteiger partial charge in [0, 0.05) is 39.0 Å². The number of aliphatic hydroxyl groups is 1. The van der Waals surface area contributed by atoms with E-state index in [-0.39, 0.29) is 18.4 Å². The molecule has 1 aromatic heterocycles. The summed E-state index contributed by atoms with van der Waals surface area (Å²) in [5.41, 5.74) is 1.50. The molecule has 0 aliphatic carbocycles. The zero-order valence-electron chi connectivity index (χ0n) is 14.9. The summed E-state index contributed by atoms with van der Waals surface area (Å²) in [6.45, 7) is 9.70. The number of aryl methyl sites for hydroxylation is 2. The summed E-state index contributed by atoms with van der Waals surface area (Å²) >= 11 is 0. The molecule has 0 unspecified atom stereocenters. The van der Waals surface area contributed by atoms with Gasteiger partial charge < -0.3 is 14.9 Å². The van der Waals surface area contributed by atoms with E-state index in [1.54, 1.807) is 0 Å². The number of aliphatic hydroxyl groups excluding tert-OH is 1. The molecule has 24 heavy (non-hydrogen) atoms. The molecule has 2 fully saturated rings. The van der Waals surface area contributed by atoms with Gasteiger partial charge in [0.25, 0.3) is 5.91 Å². The normalized spacial score (nSPS) is 25.4. The molecule has 1 aromatic rings. The van der Waals surface area contributed by atoms with E-state index in [1.165, 1.54) is 25.9 Å². The van der Waals surface area contributed by atoms with Crippen LogP contribution in [-0.4, -0.2) is 69.9 Å². The quantitative estimate of drug-likeness (QED) is 0.884. The first-order valence-corrected chi connectivity index (χ1v) is 9.27. The average Bonchev–Trinajstić information content (AvgIpc) is 3.23. The lowest BCUT2D eigenvalue weighted by atomic mass is 9.89. The summed E-state index contributed by atoms with van der Waals surface area (Å²) in [5, 5.41) is 14.1. The molecular formula is C18H30N4O2. The van der Waals surface area contributed by atoms with Crippen LogP contribution >= 0.6 is 0 Å². The third-order valence-corrected chi connectivity index (χ3v) is 5.39. The second-order valence-electron chi connectivity index (χ2n) is 7.35. The topological polar surface area (TPSA) is 61.6 Å². The number of likely N-dealkylation sites (tertiary alicyclic amines) is 2. The highest BCUT2D eigenvalue weighted by Crippen LogP contribution is 2.25. The van der Waals surface area contributed by atoms with E-state index >= 15 is 0 Å². The summed E-state index contributed by atoms with van der Waals surface area (Å²) in [6.07, 6.45) is 5.45. The predicted octanol–water partition coefficient (Wildman–Crippen LogP) is 1.38. The minimum absolute atomic E-state index is 0.0665. The van der Waals surface area contributed by atoms with Gasteiger partial charge in [-0.05, 0) is 58.0 Å². The van der Waals surface area contributed by atoms with Gasteiger partial charge in [0.1, 0.15) is 0 Å². The maximum Gasteiger partial charge on any atom is 0.257 e. The van der Waals surface area contributed by atoms with Gasteiger partial charge in [-0.2, -0.15) is 5.10 Å². The molecule has 3 heterocycles. The Morgan fingerprint density at radius 2 is 2.00 bits per heavy atom. The first-order valence-electron chi connectivity index (χ1n) is 9.27. The lowest BCUT2D eigenvalue weighted by Gasteiger charge is -2.38. The monoisotopic (exact) mass is 334 g/mol. The van der Waals surface area contributed by atoms with Gasteiger partial charge in [-0.1, -0.05) is 0 Å². The highest BCUT2D eigenvalue weighted by Gasteiger charge is 2.32. The lowest BCUT2D eigenvalue weighted by molar-refractivity contribution is 0.0465. The Labute approximate surface area is 144 Å². The van der Waals surface area contributed by atoms with Crippen molar-refractivity contribution >= 4 is 5.91 Å². The largest absolute Gasteiger partial charge is 0.396 e. The lowest BCUT2D eigenvalue weighted by Crippen LogP contribution is -2.47. The van der Waals surface area contributed by atoms with Crippen molar-refractivity contribution in [3.8, 4) is 0 Å². The second-order valence-corrected chi connectivity index (χ2v) is 7.35. The van der Waals surface area contributed by atoms with Gasteiger partial charge in [0.05, 0.1) is 11.3 Å². The highest BCUT2D eigenvalue weighted by atomic mass is 16.3. The minimum Gasteiger partial charge on any atom is -0.396 e. The van der Waals surface area contributed by atoms with Crippen molar-refractivity contribution in [2.24, 2.45) is 11.8 Å². The van der Waals surface area contributed by atoms with Gasteiger partial charge in [-0.15, -0.1) is 0 Å².